The fraction of sp³-hybridized carbons (Fsp3) is 0.444. The Morgan fingerprint density at radius 3 is 2.41 bits per heavy atom. The van der Waals surface area contributed by atoms with Crippen molar-refractivity contribution in [2.24, 2.45) is 0 Å². The van der Waals surface area contributed by atoms with Crippen LogP contribution in [0.1, 0.15) is 46.3 Å². The van der Waals surface area contributed by atoms with E-state index in [4.69, 9.17) is 4.74 Å². The summed E-state index contributed by atoms with van der Waals surface area (Å²) in [6.45, 7) is 6.14. The molecule has 1 saturated carbocycles. The van der Waals surface area contributed by atoms with Gasteiger partial charge in [0, 0.05) is 50.3 Å². The number of benzene rings is 2. The van der Waals surface area contributed by atoms with Gasteiger partial charge < -0.3 is 14.5 Å². The smallest absolute Gasteiger partial charge is 0.255 e. The van der Waals surface area contributed by atoms with Crippen LogP contribution in [0.25, 0.3) is 0 Å². The fourth-order valence-electron chi connectivity index (χ4n) is 5.07. The summed E-state index contributed by atoms with van der Waals surface area (Å²) in [5, 5.41) is 0. The van der Waals surface area contributed by atoms with Crippen molar-refractivity contribution in [2.45, 2.75) is 45.0 Å². The van der Waals surface area contributed by atoms with Crippen molar-refractivity contribution < 1.29 is 19.1 Å². The normalized spacial score (nSPS) is 21.7. The van der Waals surface area contributed by atoms with E-state index in [1.165, 1.54) is 5.56 Å². The molecular formula is C27H31N3O4. The summed E-state index contributed by atoms with van der Waals surface area (Å²) >= 11 is 0. The van der Waals surface area contributed by atoms with Gasteiger partial charge in [-0.1, -0.05) is 30.3 Å². The van der Waals surface area contributed by atoms with Crippen LogP contribution in [0.5, 0.6) is 5.75 Å². The molecular weight excluding hydrogens is 430 g/mol. The molecule has 0 bridgehead atoms. The number of nitrogens with zero attached hydrogens (tertiary/aromatic N) is 3. The summed E-state index contributed by atoms with van der Waals surface area (Å²) in [5.41, 5.74) is 3.78. The standard InChI is InChI=1S/C27H31N3O4/c1-28-11-13-29(14-12-28)16-19-5-7-20(8-6-19)18-34-26-4-2-3-22-23(26)17-30(27(22)33)24-10-9-21(31)15-25(24)32/h2-8,24H,9-18H2,1H3. The number of carbonyl (C=O) groups is 3. The first-order chi connectivity index (χ1) is 16.5. The number of piperazine rings is 1. The van der Waals surface area contributed by atoms with E-state index in [1.807, 2.05) is 12.1 Å². The average molecular weight is 462 g/mol. The van der Waals surface area contributed by atoms with Crippen molar-refractivity contribution in [3.8, 4) is 5.75 Å². The summed E-state index contributed by atoms with van der Waals surface area (Å²) in [6.07, 6.45) is 0.692. The molecule has 1 unspecified atom stereocenters. The van der Waals surface area contributed by atoms with Gasteiger partial charge in [-0.3, -0.25) is 19.3 Å². The van der Waals surface area contributed by atoms with Crippen molar-refractivity contribution in [1.82, 2.24) is 14.7 Å². The molecule has 7 nitrogen and oxygen atoms in total. The van der Waals surface area contributed by atoms with Crippen molar-refractivity contribution in [3.05, 3.63) is 64.7 Å². The zero-order chi connectivity index (χ0) is 23.7. The van der Waals surface area contributed by atoms with Gasteiger partial charge in [0.1, 0.15) is 18.1 Å². The Labute approximate surface area is 200 Å². The highest BCUT2D eigenvalue weighted by Gasteiger charge is 2.39. The second kappa shape index (κ2) is 9.68. The number of rotatable bonds is 6. The van der Waals surface area contributed by atoms with E-state index in [0.29, 0.717) is 37.3 Å². The third-order valence-corrected chi connectivity index (χ3v) is 7.19. The molecule has 178 valence electrons. The number of hydrogen-bond acceptors (Lipinski definition) is 6. The fourth-order valence-corrected chi connectivity index (χ4v) is 5.07. The van der Waals surface area contributed by atoms with Crippen LogP contribution in [0.3, 0.4) is 0 Å². The van der Waals surface area contributed by atoms with Gasteiger partial charge in [-0.25, -0.2) is 0 Å². The molecule has 0 radical (unpaired) electrons. The second-order valence-corrected chi connectivity index (χ2v) is 9.64. The minimum absolute atomic E-state index is 0.0380. The number of amides is 1. The van der Waals surface area contributed by atoms with Crippen molar-refractivity contribution in [2.75, 3.05) is 33.2 Å². The molecule has 2 aromatic carbocycles. The first-order valence-electron chi connectivity index (χ1n) is 12.1. The Morgan fingerprint density at radius 1 is 0.941 bits per heavy atom. The number of fused-ring (bicyclic) bond motifs is 1. The quantitative estimate of drug-likeness (QED) is 0.616. The molecule has 0 spiro atoms. The van der Waals surface area contributed by atoms with Gasteiger partial charge >= 0.3 is 0 Å². The molecule has 7 heteroatoms. The third-order valence-electron chi connectivity index (χ3n) is 7.19. The van der Waals surface area contributed by atoms with E-state index in [9.17, 15) is 14.4 Å². The van der Waals surface area contributed by atoms with Crippen LogP contribution in [0, 0.1) is 0 Å². The third kappa shape index (κ3) is 4.76. The Balaban J connectivity index is 1.21. The predicted octanol–water partition coefficient (Wildman–Crippen LogP) is 2.66. The van der Waals surface area contributed by atoms with Crippen LogP contribution in [-0.2, 0) is 29.3 Å². The molecule has 2 aliphatic heterocycles. The number of likely N-dealkylation sites (N-methyl/N-ethyl adjacent to an activating group) is 1. The lowest BCUT2D eigenvalue weighted by molar-refractivity contribution is -0.133. The monoisotopic (exact) mass is 461 g/mol. The summed E-state index contributed by atoms with van der Waals surface area (Å²) < 4.78 is 6.13. The Bertz CT molecular complexity index is 1090. The van der Waals surface area contributed by atoms with Crippen molar-refractivity contribution in [3.63, 3.8) is 0 Å². The predicted molar refractivity (Wildman–Crippen MR) is 128 cm³/mol. The molecule has 2 fully saturated rings. The molecule has 1 atom stereocenters. The molecule has 1 amide bonds. The number of Topliss-reactive ketones (excluding diaryl/α,β-unsaturated/α-hetero) is 2. The first kappa shape index (κ1) is 22.7. The molecule has 5 rings (SSSR count). The lowest BCUT2D eigenvalue weighted by Crippen LogP contribution is -2.44. The molecule has 3 aliphatic rings. The van der Waals surface area contributed by atoms with Crippen LogP contribution in [0.4, 0.5) is 0 Å². The largest absolute Gasteiger partial charge is 0.489 e. The van der Waals surface area contributed by atoms with Crippen molar-refractivity contribution in [1.29, 1.82) is 0 Å². The van der Waals surface area contributed by atoms with Crippen LogP contribution >= 0.6 is 0 Å². The SMILES string of the molecule is CN1CCN(Cc2ccc(COc3cccc4c3CN(C3CCC(=O)CC3=O)C4=O)cc2)CC1. The second-order valence-electron chi connectivity index (χ2n) is 9.64. The molecule has 34 heavy (non-hydrogen) atoms. The van der Waals surface area contributed by atoms with E-state index < -0.39 is 6.04 Å². The Hall–Kier alpha value is -3.03. The maximum absolute atomic E-state index is 13.0. The maximum atomic E-state index is 13.0. The summed E-state index contributed by atoms with van der Waals surface area (Å²) in [5.74, 6) is 0.330. The topological polar surface area (TPSA) is 70.2 Å². The van der Waals surface area contributed by atoms with E-state index in [2.05, 4.69) is 41.1 Å². The van der Waals surface area contributed by atoms with Gasteiger partial charge in [-0.2, -0.15) is 0 Å². The zero-order valence-corrected chi connectivity index (χ0v) is 19.7. The van der Waals surface area contributed by atoms with Crippen LogP contribution in [0.2, 0.25) is 0 Å². The maximum Gasteiger partial charge on any atom is 0.255 e. The summed E-state index contributed by atoms with van der Waals surface area (Å²) in [4.78, 5) is 43.4. The van der Waals surface area contributed by atoms with Gasteiger partial charge in [0.15, 0.2) is 5.78 Å². The van der Waals surface area contributed by atoms with Gasteiger partial charge in [0.2, 0.25) is 0 Å². The zero-order valence-electron chi connectivity index (χ0n) is 19.7. The Morgan fingerprint density at radius 2 is 1.68 bits per heavy atom. The summed E-state index contributed by atoms with van der Waals surface area (Å²) in [6, 6.07) is 13.5. The van der Waals surface area contributed by atoms with Gasteiger partial charge in [0.25, 0.3) is 5.91 Å². The van der Waals surface area contributed by atoms with Crippen LogP contribution in [-0.4, -0.2) is 71.4 Å². The molecule has 2 aromatic rings. The highest BCUT2D eigenvalue weighted by atomic mass is 16.5. The average Bonchev–Trinajstić information content (AvgIpc) is 3.17. The van der Waals surface area contributed by atoms with Crippen LogP contribution < -0.4 is 4.74 Å². The number of hydrogen-bond donors (Lipinski definition) is 0. The lowest BCUT2D eigenvalue weighted by Gasteiger charge is -2.32. The van der Waals surface area contributed by atoms with Crippen molar-refractivity contribution >= 4 is 17.5 Å². The van der Waals surface area contributed by atoms with Gasteiger partial charge in [0.05, 0.1) is 19.0 Å². The number of ether oxygens (including phenoxy) is 1. The van der Waals surface area contributed by atoms with Gasteiger partial charge in [-0.15, -0.1) is 0 Å². The van der Waals surface area contributed by atoms with E-state index >= 15 is 0 Å². The summed E-state index contributed by atoms with van der Waals surface area (Å²) in [7, 11) is 2.17. The minimum atomic E-state index is -0.515. The lowest BCUT2D eigenvalue weighted by atomic mass is 9.92. The molecule has 1 saturated heterocycles. The molecule has 2 heterocycles. The Kier molecular flexibility index (Phi) is 6.48. The first-order valence-corrected chi connectivity index (χ1v) is 12.1. The molecule has 0 aromatic heterocycles. The molecule has 1 aliphatic carbocycles. The number of ketones is 2. The van der Waals surface area contributed by atoms with E-state index in [-0.39, 0.29) is 23.9 Å². The van der Waals surface area contributed by atoms with E-state index in [1.54, 1.807) is 11.0 Å². The highest BCUT2D eigenvalue weighted by molar-refractivity contribution is 6.07. The van der Waals surface area contributed by atoms with Crippen LogP contribution in [0.15, 0.2) is 42.5 Å². The minimum Gasteiger partial charge on any atom is -0.489 e. The van der Waals surface area contributed by atoms with E-state index in [0.717, 1.165) is 43.9 Å². The molecule has 0 N–H and O–H groups in total. The highest BCUT2D eigenvalue weighted by Crippen LogP contribution is 2.34. The number of carbonyl (C=O) groups excluding carboxylic acids is 3. The van der Waals surface area contributed by atoms with Gasteiger partial charge in [-0.05, 0) is 36.7 Å².